The topological polar surface area (TPSA) is 0 Å². The van der Waals surface area contributed by atoms with Crippen LogP contribution in [0.4, 0.5) is 26.3 Å². The van der Waals surface area contributed by atoms with Gasteiger partial charge < -0.3 is 0 Å². The molecule has 0 aromatic heterocycles. The van der Waals surface area contributed by atoms with Crippen LogP contribution in [0.15, 0.2) is 103 Å². The summed E-state index contributed by atoms with van der Waals surface area (Å²) in [6, 6.07) is 28.3. The van der Waals surface area contributed by atoms with E-state index in [-0.39, 0.29) is 0 Å². The van der Waals surface area contributed by atoms with Crippen molar-refractivity contribution in [2.24, 2.45) is 0 Å². The van der Waals surface area contributed by atoms with Crippen LogP contribution in [0.2, 0.25) is 0 Å². The van der Waals surface area contributed by atoms with Gasteiger partial charge in [-0.15, -0.1) is 0 Å². The van der Waals surface area contributed by atoms with Crippen LogP contribution in [-0.2, 0) is 11.8 Å². The van der Waals surface area contributed by atoms with Gasteiger partial charge in [0, 0.05) is 0 Å². The maximum Gasteiger partial charge on any atom is 0.411 e. The van der Waals surface area contributed by atoms with Crippen molar-refractivity contribution in [1.82, 2.24) is 0 Å². The zero-order valence-electron chi connectivity index (χ0n) is 26.8. The van der Waals surface area contributed by atoms with Crippen LogP contribution in [-0.4, -0.2) is 12.4 Å². The van der Waals surface area contributed by atoms with E-state index in [0.717, 1.165) is 62.9 Å². The van der Waals surface area contributed by atoms with Crippen LogP contribution >= 0.6 is 0 Å². The van der Waals surface area contributed by atoms with Crippen LogP contribution in [0.25, 0.3) is 32.7 Å². The molecule has 0 atom stereocenters. The molecule has 0 radical (unpaired) electrons. The van der Waals surface area contributed by atoms with E-state index in [1.165, 1.54) is 46.2 Å². The highest BCUT2D eigenvalue weighted by atomic mass is 19.4. The van der Waals surface area contributed by atoms with Gasteiger partial charge in [0.1, 0.15) is 0 Å². The molecule has 0 heterocycles. The lowest BCUT2D eigenvalue weighted by atomic mass is 9.72. The third-order valence-electron chi connectivity index (χ3n) is 9.59. The molecule has 6 aromatic carbocycles. The number of hydrogen-bond acceptors (Lipinski definition) is 0. The van der Waals surface area contributed by atoms with Gasteiger partial charge in [0.05, 0.1) is 0 Å². The number of fused-ring (bicyclic) bond motifs is 2. The zero-order valence-corrected chi connectivity index (χ0v) is 26.8. The minimum atomic E-state index is -5.61. The molecule has 6 aromatic rings. The van der Waals surface area contributed by atoms with Gasteiger partial charge >= 0.3 is 12.4 Å². The van der Waals surface area contributed by atoms with Crippen LogP contribution in [0.5, 0.6) is 0 Å². The zero-order chi connectivity index (χ0) is 33.9. The highest BCUT2D eigenvalue weighted by Crippen LogP contribution is 2.56. The summed E-state index contributed by atoms with van der Waals surface area (Å²) in [4.78, 5) is 0. The Morgan fingerprint density at radius 2 is 1.02 bits per heavy atom. The molecule has 0 saturated heterocycles. The molecule has 6 rings (SSSR count). The number of benzene rings is 6. The fraction of sp³-hybridized carbons (Fsp3) is 0.220. The lowest BCUT2D eigenvalue weighted by Crippen LogP contribution is -2.54. The van der Waals surface area contributed by atoms with Crippen molar-refractivity contribution in [3.63, 3.8) is 0 Å². The summed E-state index contributed by atoms with van der Waals surface area (Å²) >= 11 is 0. The summed E-state index contributed by atoms with van der Waals surface area (Å²) in [5, 5.41) is 4.61. The van der Waals surface area contributed by atoms with Gasteiger partial charge in [-0.1, -0.05) is 96.6 Å². The average Bonchev–Trinajstić information content (AvgIpc) is 3.00. The molecule has 47 heavy (non-hydrogen) atoms. The molecule has 0 nitrogen and oxygen atoms in total. The second kappa shape index (κ2) is 11.6. The van der Waals surface area contributed by atoms with Crippen molar-refractivity contribution in [3.8, 4) is 11.1 Å². The summed E-state index contributed by atoms with van der Waals surface area (Å²) < 4.78 is 87.4. The Balaban J connectivity index is 1.37. The predicted octanol–water partition coefficient (Wildman–Crippen LogP) is 12.2. The fourth-order valence-electron chi connectivity index (χ4n) is 6.95. The molecule has 0 N–H and O–H groups in total. The number of alkyl halides is 6. The minimum Gasteiger partial charge on any atom is -0.169 e. The number of halogens is 6. The van der Waals surface area contributed by atoms with Gasteiger partial charge in [-0.25, -0.2) is 0 Å². The summed E-state index contributed by atoms with van der Waals surface area (Å²) in [6.45, 7) is 9.88. The molecule has 0 fully saturated rings. The van der Waals surface area contributed by atoms with Crippen molar-refractivity contribution in [2.75, 3.05) is 0 Å². The van der Waals surface area contributed by atoms with E-state index in [0.29, 0.717) is 17.5 Å². The summed E-state index contributed by atoms with van der Waals surface area (Å²) in [5.74, 6) is 0. The van der Waals surface area contributed by atoms with Gasteiger partial charge in [0.25, 0.3) is 0 Å². The van der Waals surface area contributed by atoms with E-state index in [1.54, 1.807) is 6.92 Å². The third-order valence-corrected chi connectivity index (χ3v) is 9.59. The van der Waals surface area contributed by atoms with Crippen LogP contribution in [0.1, 0.15) is 50.1 Å². The Labute approximate surface area is 270 Å². The first-order chi connectivity index (χ1) is 22.1. The molecule has 0 aliphatic rings. The van der Waals surface area contributed by atoms with Crippen molar-refractivity contribution in [2.45, 2.75) is 58.8 Å². The summed E-state index contributed by atoms with van der Waals surface area (Å²) in [5.41, 5.74) is 3.00. The smallest absolute Gasteiger partial charge is 0.169 e. The second-order valence-corrected chi connectivity index (χ2v) is 12.7. The molecule has 0 bridgehead atoms. The molecule has 0 aliphatic carbocycles. The van der Waals surface area contributed by atoms with Gasteiger partial charge in [0.15, 0.2) is 0 Å². The van der Waals surface area contributed by atoms with Crippen molar-refractivity contribution >= 4 is 21.5 Å². The van der Waals surface area contributed by atoms with E-state index < -0.39 is 28.9 Å². The number of hydrogen-bond donors (Lipinski definition) is 0. The second-order valence-electron chi connectivity index (χ2n) is 12.7. The Kier molecular flexibility index (Phi) is 7.98. The molecule has 240 valence electrons. The molecule has 0 unspecified atom stereocenters. The highest BCUT2D eigenvalue weighted by molar-refractivity contribution is 5.96. The third kappa shape index (κ3) is 5.48. The van der Waals surface area contributed by atoms with Crippen LogP contribution in [0, 0.1) is 34.6 Å². The maximum atomic E-state index is 14.6. The number of rotatable bonds is 5. The van der Waals surface area contributed by atoms with Crippen molar-refractivity contribution in [1.29, 1.82) is 0 Å². The molecular formula is C41H34F6. The van der Waals surface area contributed by atoms with Crippen LogP contribution in [0.3, 0.4) is 0 Å². The highest BCUT2D eigenvalue weighted by Gasteiger charge is 2.72. The number of aryl methyl sites for hydroxylation is 5. The quantitative estimate of drug-likeness (QED) is 0.165. The molecule has 0 amide bonds. The standard InChI is InChI=1S/C41H34F6/c1-24-9-14-33(15-10-24)39(40(42,43)44,41(45,46)47)34-16-11-29(12-17-34)21-31-19-27(4)38-22-30(13-18-36(38)28(31)5)32-20-26(3)35-8-6-7-25(2)37(35)23-32/h6-20,22-23H,21H2,1-5H3. The molecule has 6 heteroatoms. The fourth-order valence-corrected chi connectivity index (χ4v) is 6.95. The Hall–Kier alpha value is -4.58. The molecule has 0 saturated carbocycles. The SMILES string of the molecule is Cc1ccc(C(c2ccc(Cc3cc(C)c4cc(-c5cc(C)c6cccc(C)c6c5)ccc4c3C)cc2)(C(F)(F)F)C(F)(F)F)cc1. The summed E-state index contributed by atoms with van der Waals surface area (Å²) in [6.07, 6.45) is -10.9. The first-order valence-electron chi connectivity index (χ1n) is 15.4. The van der Waals surface area contributed by atoms with E-state index in [4.69, 9.17) is 0 Å². The van der Waals surface area contributed by atoms with Gasteiger partial charge in [-0.2, -0.15) is 26.3 Å². The van der Waals surface area contributed by atoms with Crippen LogP contribution < -0.4 is 0 Å². The van der Waals surface area contributed by atoms with E-state index in [1.807, 2.05) is 13.8 Å². The normalized spacial score (nSPS) is 12.7. The van der Waals surface area contributed by atoms with Gasteiger partial charge in [-0.3, -0.25) is 0 Å². The first-order valence-corrected chi connectivity index (χ1v) is 15.4. The molecule has 0 aliphatic heterocycles. The molecule has 0 spiro atoms. The lowest BCUT2D eigenvalue weighted by Gasteiger charge is -2.38. The lowest BCUT2D eigenvalue weighted by molar-refractivity contribution is -0.288. The summed E-state index contributed by atoms with van der Waals surface area (Å²) in [7, 11) is 0. The predicted molar refractivity (Wildman–Crippen MR) is 179 cm³/mol. The van der Waals surface area contributed by atoms with E-state index >= 15 is 0 Å². The Morgan fingerprint density at radius 3 is 1.64 bits per heavy atom. The van der Waals surface area contributed by atoms with Crippen molar-refractivity contribution in [3.05, 3.63) is 153 Å². The average molecular weight is 641 g/mol. The van der Waals surface area contributed by atoms with Gasteiger partial charge in [-0.05, 0) is 130 Å². The monoisotopic (exact) mass is 640 g/mol. The Bertz CT molecular complexity index is 2100. The van der Waals surface area contributed by atoms with E-state index in [2.05, 4.69) is 68.4 Å². The minimum absolute atomic E-state index is 0.364. The van der Waals surface area contributed by atoms with Crippen molar-refractivity contribution < 1.29 is 26.3 Å². The van der Waals surface area contributed by atoms with E-state index in [9.17, 15) is 26.3 Å². The maximum absolute atomic E-state index is 14.6. The Morgan fingerprint density at radius 1 is 0.468 bits per heavy atom. The first kappa shape index (κ1) is 32.4. The van der Waals surface area contributed by atoms with Gasteiger partial charge in [0.2, 0.25) is 5.41 Å². The largest absolute Gasteiger partial charge is 0.411 e. The molecular weight excluding hydrogens is 606 g/mol.